The van der Waals surface area contributed by atoms with E-state index in [2.05, 4.69) is 18.3 Å². The molecule has 1 aliphatic heterocycles. The smallest absolute Gasteiger partial charge is 0.0628 e. The van der Waals surface area contributed by atoms with E-state index in [9.17, 15) is 0 Å². The average Bonchev–Trinajstić information content (AvgIpc) is 2.25. The van der Waals surface area contributed by atoms with Crippen LogP contribution >= 0.6 is 23.2 Å². The fourth-order valence-electron chi connectivity index (χ4n) is 2.22. The molecule has 0 saturated heterocycles. The Morgan fingerprint density at radius 1 is 1.40 bits per heavy atom. The summed E-state index contributed by atoms with van der Waals surface area (Å²) in [6.45, 7) is 3.20. The second-order valence-electron chi connectivity index (χ2n) is 3.97. The first-order valence-electron chi connectivity index (χ1n) is 5.44. The van der Waals surface area contributed by atoms with Gasteiger partial charge in [0.05, 0.1) is 10.0 Å². The Morgan fingerprint density at radius 2 is 2.20 bits per heavy atom. The number of fused-ring (bicyclic) bond motifs is 1. The zero-order valence-electron chi connectivity index (χ0n) is 8.82. The predicted molar refractivity (Wildman–Crippen MR) is 65.8 cm³/mol. The van der Waals surface area contributed by atoms with E-state index < -0.39 is 0 Å². The second-order valence-corrected chi connectivity index (χ2v) is 4.76. The summed E-state index contributed by atoms with van der Waals surface area (Å²) in [6, 6.07) is 4.46. The Balaban J connectivity index is 2.40. The molecular weight excluding hydrogens is 229 g/mol. The maximum atomic E-state index is 6.22. The van der Waals surface area contributed by atoms with Gasteiger partial charge in [-0.3, -0.25) is 0 Å². The molecule has 1 N–H and O–H groups in total. The summed E-state index contributed by atoms with van der Waals surface area (Å²) in [7, 11) is 0. The van der Waals surface area contributed by atoms with Crippen LogP contribution in [-0.2, 0) is 6.42 Å². The molecule has 0 aliphatic carbocycles. The van der Waals surface area contributed by atoms with Gasteiger partial charge >= 0.3 is 0 Å². The van der Waals surface area contributed by atoms with Crippen molar-refractivity contribution in [1.29, 1.82) is 0 Å². The Morgan fingerprint density at radius 3 is 2.93 bits per heavy atom. The van der Waals surface area contributed by atoms with Crippen LogP contribution in [0.25, 0.3) is 0 Å². The molecule has 1 aliphatic rings. The van der Waals surface area contributed by atoms with Crippen LogP contribution in [0.15, 0.2) is 12.1 Å². The molecule has 2 rings (SSSR count). The van der Waals surface area contributed by atoms with Gasteiger partial charge in [-0.2, -0.15) is 0 Å². The third-order valence-corrected chi connectivity index (χ3v) is 3.79. The fraction of sp³-hybridized carbons (Fsp3) is 0.500. The number of nitrogens with one attached hydrogen (secondary N) is 1. The third-order valence-electron chi connectivity index (χ3n) is 2.95. The number of hydrogen-bond acceptors (Lipinski definition) is 1. The highest BCUT2D eigenvalue weighted by Crippen LogP contribution is 2.35. The van der Waals surface area contributed by atoms with Gasteiger partial charge in [-0.25, -0.2) is 0 Å². The van der Waals surface area contributed by atoms with Crippen molar-refractivity contribution in [2.24, 2.45) is 0 Å². The van der Waals surface area contributed by atoms with Crippen LogP contribution in [0, 0.1) is 0 Å². The van der Waals surface area contributed by atoms with Crippen LogP contribution in [0.1, 0.15) is 36.9 Å². The van der Waals surface area contributed by atoms with E-state index in [1.807, 2.05) is 6.07 Å². The van der Waals surface area contributed by atoms with Crippen LogP contribution in [0.2, 0.25) is 10.0 Å². The van der Waals surface area contributed by atoms with Crippen molar-refractivity contribution in [3.8, 4) is 0 Å². The standard InChI is InChI=1S/C12H15Cl2N/c1-2-3-11-8-4-5-10(13)12(14)9(8)6-7-15-11/h4-5,11,15H,2-3,6-7H2,1H3. The Hall–Kier alpha value is -0.240. The summed E-state index contributed by atoms with van der Waals surface area (Å²) in [5.41, 5.74) is 2.57. The van der Waals surface area contributed by atoms with Crippen LogP contribution in [-0.4, -0.2) is 6.54 Å². The highest BCUT2D eigenvalue weighted by molar-refractivity contribution is 6.42. The van der Waals surface area contributed by atoms with Crippen molar-refractivity contribution < 1.29 is 0 Å². The van der Waals surface area contributed by atoms with Crippen molar-refractivity contribution in [2.75, 3.05) is 6.54 Å². The molecule has 0 amide bonds. The van der Waals surface area contributed by atoms with Gasteiger partial charge in [-0.1, -0.05) is 42.6 Å². The minimum absolute atomic E-state index is 0.452. The van der Waals surface area contributed by atoms with E-state index in [-0.39, 0.29) is 0 Å². The SMILES string of the molecule is CCCC1NCCc2c1ccc(Cl)c2Cl. The van der Waals surface area contributed by atoms with E-state index in [1.165, 1.54) is 17.5 Å². The largest absolute Gasteiger partial charge is 0.310 e. The second kappa shape index (κ2) is 4.73. The molecule has 1 aromatic rings. The minimum atomic E-state index is 0.452. The van der Waals surface area contributed by atoms with E-state index in [0.29, 0.717) is 11.1 Å². The van der Waals surface area contributed by atoms with Crippen molar-refractivity contribution in [3.05, 3.63) is 33.3 Å². The van der Waals surface area contributed by atoms with Crippen LogP contribution < -0.4 is 5.32 Å². The van der Waals surface area contributed by atoms with E-state index >= 15 is 0 Å². The van der Waals surface area contributed by atoms with Gasteiger partial charge in [0.2, 0.25) is 0 Å². The predicted octanol–water partition coefficient (Wildman–Crippen LogP) is 3.98. The zero-order valence-corrected chi connectivity index (χ0v) is 10.3. The lowest BCUT2D eigenvalue weighted by atomic mass is 9.92. The first kappa shape index (κ1) is 11.3. The first-order chi connectivity index (χ1) is 7.24. The monoisotopic (exact) mass is 243 g/mol. The van der Waals surface area contributed by atoms with Crippen molar-refractivity contribution in [2.45, 2.75) is 32.2 Å². The van der Waals surface area contributed by atoms with Crippen molar-refractivity contribution in [1.82, 2.24) is 5.32 Å². The Bertz CT molecular complexity index is 363. The van der Waals surface area contributed by atoms with Gasteiger partial charge < -0.3 is 5.32 Å². The molecule has 1 heterocycles. The highest BCUT2D eigenvalue weighted by atomic mass is 35.5. The molecule has 0 spiro atoms. The molecule has 0 bridgehead atoms. The van der Waals surface area contributed by atoms with Gasteiger partial charge in [0, 0.05) is 6.04 Å². The lowest BCUT2D eigenvalue weighted by Gasteiger charge is -2.27. The molecule has 82 valence electrons. The topological polar surface area (TPSA) is 12.0 Å². The highest BCUT2D eigenvalue weighted by Gasteiger charge is 2.21. The lowest BCUT2D eigenvalue weighted by molar-refractivity contribution is 0.471. The summed E-state index contributed by atoms with van der Waals surface area (Å²) >= 11 is 12.2. The summed E-state index contributed by atoms with van der Waals surface area (Å²) < 4.78 is 0. The molecule has 3 heteroatoms. The Labute approximate surface area is 101 Å². The molecule has 0 aromatic heterocycles. The van der Waals surface area contributed by atoms with Gasteiger partial charge in [0.1, 0.15) is 0 Å². The number of halogens is 2. The van der Waals surface area contributed by atoms with E-state index in [1.54, 1.807) is 0 Å². The Kier molecular flexibility index (Phi) is 3.55. The quantitative estimate of drug-likeness (QED) is 0.829. The molecule has 0 radical (unpaired) electrons. The molecule has 1 atom stereocenters. The van der Waals surface area contributed by atoms with Crippen LogP contribution in [0.4, 0.5) is 0 Å². The molecule has 1 nitrogen and oxygen atoms in total. The van der Waals surface area contributed by atoms with Crippen LogP contribution in [0.3, 0.4) is 0 Å². The molecular formula is C12H15Cl2N. The fourth-order valence-corrected chi connectivity index (χ4v) is 2.66. The van der Waals surface area contributed by atoms with Gasteiger partial charge in [0.15, 0.2) is 0 Å². The van der Waals surface area contributed by atoms with Gasteiger partial charge in [-0.05, 0) is 36.6 Å². The zero-order chi connectivity index (χ0) is 10.8. The maximum Gasteiger partial charge on any atom is 0.0628 e. The third kappa shape index (κ3) is 2.15. The summed E-state index contributed by atoms with van der Waals surface area (Å²) in [4.78, 5) is 0. The molecule has 0 saturated carbocycles. The van der Waals surface area contributed by atoms with E-state index in [0.717, 1.165) is 24.4 Å². The molecule has 15 heavy (non-hydrogen) atoms. The molecule has 1 aromatic carbocycles. The summed E-state index contributed by atoms with van der Waals surface area (Å²) in [6.07, 6.45) is 3.32. The van der Waals surface area contributed by atoms with Crippen molar-refractivity contribution in [3.63, 3.8) is 0 Å². The number of benzene rings is 1. The number of hydrogen-bond donors (Lipinski definition) is 1. The van der Waals surface area contributed by atoms with E-state index in [4.69, 9.17) is 23.2 Å². The summed E-state index contributed by atoms with van der Waals surface area (Å²) in [5, 5.41) is 4.94. The first-order valence-corrected chi connectivity index (χ1v) is 6.19. The van der Waals surface area contributed by atoms with Crippen LogP contribution in [0.5, 0.6) is 0 Å². The maximum absolute atomic E-state index is 6.22. The van der Waals surface area contributed by atoms with Crippen molar-refractivity contribution >= 4 is 23.2 Å². The van der Waals surface area contributed by atoms with Gasteiger partial charge in [-0.15, -0.1) is 0 Å². The van der Waals surface area contributed by atoms with Gasteiger partial charge in [0.25, 0.3) is 0 Å². The minimum Gasteiger partial charge on any atom is -0.310 e. The lowest BCUT2D eigenvalue weighted by Crippen LogP contribution is -2.29. The molecule has 1 unspecified atom stereocenters. The average molecular weight is 244 g/mol. The summed E-state index contributed by atoms with van der Waals surface area (Å²) in [5.74, 6) is 0. The number of rotatable bonds is 2. The molecule has 0 fully saturated rings. The normalized spacial score (nSPS) is 20.1.